The van der Waals surface area contributed by atoms with Gasteiger partial charge in [-0.2, -0.15) is 0 Å². The van der Waals surface area contributed by atoms with Gasteiger partial charge >= 0.3 is 0 Å². The molecule has 6 heteroatoms. The molecule has 2 amide bonds. The van der Waals surface area contributed by atoms with Gasteiger partial charge in [-0.15, -0.1) is 0 Å². The predicted octanol–water partition coefficient (Wildman–Crippen LogP) is 5.99. The first-order valence-corrected chi connectivity index (χ1v) is 12.8. The van der Waals surface area contributed by atoms with Crippen molar-refractivity contribution in [1.82, 2.24) is 14.8 Å². The molecule has 0 unspecified atom stereocenters. The van der Waals surface area contributed by atoms with Crippen molar-refractivity contribution in [3.63, 3.8) is 0 Å². The summed E-state index contributed by atoms with van der Waals surface area (Å²) in [5.74, 6) is -0.619. The quantitative estimate of drug-likeness (QED) is 0.291. The van der Waals surface area contributed by atoms with Gasteiger partial charge in [-0.25, -0.2) is 4.39 Å². The van der Waals surface area contributed by atoms with Crippen LogP contribution in [0.5, 0.6) is 0 Å². The van der Waals surface area contributed by atoms with E-state index in [9.17, 15) is 14.0 Å². The summed E-state index contributed by atoms with van der Waals surface area (Å²) in [7, 11) is 0. The smallest absolute Gasteiger partial charge is 0.254 e. The molecule has 4 aromatic rings. The number of nitrogens with one attached hydrogen (secondary N) is 1. The summed E-state index contributed by atoms with van der Waals surface area (Å²) in [5, 5.41) is 1.13. The van der Waals surface area contributed by atoms with E-state index in [2.05, 4.69) is 18.0 Å². The van der Waals surface area contributed by atoms with Gasteiger partial charge in [0.25, 0.3) is 5.91 Å². The highest BCUT2D eigenvalue weighted by molar-refractivity contribution is 5.96. The molecule has 192 valence electrons. The lowest BCUT2D eigenvalue weighted by atomic mass is 10.1. The summed E-state index contributed by atoms with van der Waals surface area (Å²) in [6, 6.07) is 21.7. The van der Waals surface area contributed by atoms with Crippen LogP contribution in [0, 0.1) is 5.82 Å². The monoisotopic (exact) mass is 499 g/mol. The number of benzene rings is 3. The number of hydrogen-bond donors (Lipinski definition) is 1. The maximum Gasteiger partial charge on any atom is 0.254 e. The first kappa shape index (κ1) is 26.1. The van der Waals surface area contributed by atoms with Crippen LogP contribution in [0.15, 0.2) is 79.0 Å². The van der Waals surface area contributed by atoms with E-state index in [4.69, 9.17) is 0 Å². The molecule has 1 N–H and O–H groups in total. The van der Waals surface area contributed by atoms with E-state index < -0.39 is 0 Å². The number of aryl methyl sites for hydroxylation is 1. The second-order valence-corrected chi connectivity index (χ2v) is 9.63. The normalized spacial score (nSPS) is 11.2. The molecular weight excluding hydrogens is 465 g/mol. The number of hydrogen-bond acceptors (Lipinski definition) is 2. The van der Waals surface area contributed by atoms with Crippen molar-refractivity contribution in [3.8, 4) is 0 Å². The minimum atomic E-state index is -0.314. The number of fused-ring (bicyclic) bond motifs is 1. The van der Waals surface area contributed by atoms with Gasteiger partial charge in [0.2, 0.25) is 5.91 Å². The van der Waals surface area contributed by atoms with Crippen molar-refractivity contribution in [2.75, 3.05) is 13.1 Å². The third-order valence-electron chi connectivity index (χ3n) is 6.76. The molecule has 0 radical (unpaired) electrons. The zero-order valence-electron chi connectivity index (χ0n) is 21.7. The Morgan fingerprint density at radius 1 is 0.919 bits per heavy atom. The van der Waals surface area contributed by atoms with E-state index in [-0.39, 0.29) is 30.2 Å². The largest absolute Gasteiger partial charge is 0.361 e. The average Bonchev–Trinajstić information content (AvgIpc) is 3.33. The van der Waals surface area contributed by atoms with Crippen molar-refractivity contribution >= 4 is 22.7 Å². The molecule has 0 aliphatic heterocycles. The Balaban J connectivity index is 1.53. The highest BCUT2D eigenvalue weighted by Crippen LogP contribution is 2.19. The fraction of sp³-hybridized carbons (Fsp3) is 0.290. The van der Waals surface area contributed by atoms with Crippen LogP contribution < -0.4 is 0 Å². The van der Waals surface area contributed by atoms with Crippen LogP contribution in [-0.4, -0.2) is 45.7 Å². The average molecular weight is 500 g/mol. The van der Waals surface area contributed by atoms with E-state index in [0.29, 0.717) is 25.1 Å². The maximum absolute atomic E-state index is 13.6. The molecule has 0 spiro atoms. The molecule has 4 rings (SSSR count). The minimum absolute atomic E-state index is 0.0267. The van der Waals surface area contributed by atoms with Crippen molar-refractivity contribution in [3.05, 3.63) is 107 Å². The molecule has 0 fully saturated rings. The number of aromatic amines is 1. The van der Waals surface area contributed by atoms with Gasteiger partial charge in [0.1, 0.15) is 12.4 Å². The summed E-state index contributed by atoms with van der Waals surface area (Å²) in [6.45, 7) is 6.70. The summed E-state index contributed by atoms with van der Waals surface area (Å²) < 4.78 is 13.5. The summed E-state index contributed by atoms with van der Waals surface area (Å²) in [4.78, 5) is 33.6. The zero-order chi connectivity index (χ0) is 26.4. The molecule has 0 aliphatic rings. The lowest BCUT2D eigenvalue weighted by Gasteiger charge is -2.30. The molecule has 0 saturated heterocycles. The molecule has 0 bridgehead atoms. The fourth-order valence-corrected chi connectivity index (χ4v) is 4.48. The third kappa shape index (κ3) is 6.45. The Morgan fingerprint density at radius 3 is 2.27 bits per heavy atom. The molecular formula is C31H34FN3O2. The highest BCUT2D eigenvalue weighted by atomic mass is 19.1. The Bertz CT molecular complexity index is 1340. The van der Waals surface area contributed by atoms with Crippen LogP contribution in [0.4, 0.5) is 4.39 Å². The first-order valence-electron chi connectivity index (χ1n) is 12.8. The van der Waals surface area contributed by atoms with Crippen LogP contribution in [0.2, 0.25) is 0 Å². The summed E-state index contributed by atoms with van der Waals surface area (Å²) in [5.41, 5.74) is 4.75. The zero-order valence-corrected chi connectivity index (χ0v) is 21.7. The number of aromatic nitrogens is 1. The fourth-order valence-electron chi connectivity index (χ4n) is 4.48. The van der Waals surface area contributed by atoms with E-state index >= 15 is 0 Å². The maximum atomic E-state index is 13.6. The minimum Gasteiger partial charge on any atom is -0.361 e. The first-order chi connectivity index (χ1) is 17.9. The van der Waals surface area contributed by atoms with Gasteiger partial charge in [-0.05, 0) is 73.7 Å². The number of nitrogens with zero attached hydrogens (tertiary/aromatic N) is 2. The number of H-pyrrole nitrogens is 1. The van der Waals surface area contributed by atoms with Gasteiger partial charge < -0.3 is 14.8 Å². The number of amides is 2. The van der Waals surface area contributed by atoms with Gasteiger partial charge in [-0.1, -0.05) is 49.4 Å². The van der Waals surface area contributed by atoms with Crippen LogP contribution in [0.25, 0.3) is 10.9 Å². The van der Waals surface area contributed by atoms with E-state index in [0.717, 1.165) is 34.0 Å². The van der Waals surface area contributed by atoms with Gasteiger partial charge in [-0.3, -0.25) is 9.59 Å². The third-order valence-corrected chi connectivity index (χ3v) is 6.76. The second kappa shape index (κ2) is 11.9. The molecule has 3 aromatic carbocycles. The molecule has 37 heavy (non-hydrogen) atoms. The van der Waals surface area contributed by atoms with Crippen molar-refractivity contribution in [1.29, 1.82) is 0 Å². The van der Waals surface area contributed by atoms with Crippen LogP contribution in [-0.2, 0) is 24.2 Å². The molecule has 1 heterocycles. The van der Waals surface area contributed by atoms with Crippen molar-refractivity contribution < 1.29 is 14.0 Å². The second-order valence-electron chi connectivity index (χ2n) is 9.63. The molecule has 0 aliphatic carbocycles. The van der Waals surface area contributed by atoms with Crippen molar-refractivity contribution in [2.45, 2.75) is 46.2 Å². The number of carbonyl (C=O) groups excluding carboxylic acids is 2. The lowest BCUT2D eigenvalue weighted by molar-refractivity contribution is -0.132. The number of para-hydroxylation sites is 1. The van der Waals surface area contributed by atoms with Crippen molar-refractivity contribution in [2.24, 2.45) is 0 Å². The topological polar surface area (TPSA) is 56.4 Å². The van der Waals surface area contributed by atoms with Gasteiger partial charge in [0.05, 0.1) is 0 Å². The molecule has 1 aromatic heterocycles. The molecule has 0 saturated carbocycles. The Labute approximate surface area is 217 Å². The number of carbonyl (C=O) groups is 2. The highest BCUT2D eigenvalue weighted by Gasteiger charge is 2.25. The van der Waals surface area contributed by atoms with E-state index in [1.54, 1.807) is 21.9 Å². The van der Waals surface area contributed by atoms with Gasteiger partial charge in [0, 0.05) is 41.8 Å². The van der Waals surface area contributed by atoms with Gasteiger partial charge in [0.15, 0.2) is 0 Å². The van der Waals surface area contributed by atoms with E-state index in [1.165, 1.54) is 12.1 Å². The molecule has 5 nitrogen and oxygen atoms in total. The number of rotatable bonds is 10. The van der Waals surface area contributed by atoms with Crippen LogP contribution >= 0.6 is 0 Å². The van der Waals surface area contributed by atoms with E-state index in [1.807, 2.05) is 62.5 Å². The molecule has 0 atom stereocenters. The standard InChI is InChI=1S/C31H34FN3O2/c1-4-23-9-13-25(14-10-23)31(37)35(22(2)3)21-30(36)34(20-24-11-15-27(32)16-12-24)18-17-26-19-33-29-8-6-5-7-28(26)29/h5-16,19,22,33H,4,17-18,20-21H2,1-3H3. The summed E-state index contributed by atoms with van der Waals surface area (Å²) in [6.07, 6.45) is 3.54. The lowest BCUT2D eigenvalue weighted by Crippen LogP contribution is -2.46. The number of halogens is 1. The Morgan fingerprint density at radius 2 is 1.59 bits per heavy atom. The SMILES string of the molecule is CCc1ccc(C(=O)N(CC(=O)N(CCc2c[nH]c3ccccc23)Cc2ccc(F)cc2)C(C)C)cc1. The predicted molar refractivity (Wildman–Crippen MR) is 146 cm³/mol. The van der Waals surface area contributed by atoms with Crippen LogP contribution in [0.3, 0.4) is 0 Å². The Kier molecular flexibility index (Phi) is 8.39. The Hall–Kier alpha value is -3.93. The summed E-state index contributed by atoms with van der Waals surface area (Å²) >= 11 is 0. The van der Waals surface area contributed by atoms with Crippen LogP contribution in [0.1, 0.15) is 47.8 Å².